The molecule has 25 heavy (non-hydrogen) atoms. The molecule has 2 aromatic heterocycles. The van der Waals surface area contributed by atoms with Gasteiger partial charge in [0.1, 0.15) is 22.4 Å². The predicted octanol–water partition coefficient (Wildman–Crippen LogP) is 5.14. The van der Waals surface area contributed by atoms with Gasteiger partial charge in [-0.1, -0.05) is 42.1 Å². The van der Waals surface area contributed by atoms with Gasteiger partial charge in [-0.25, -0.2) is 4.98 Å². The summed E-state index contributed by atoms with van der Waals surface area (Å²) in [6.07, 6.45) is 0. The Bertz CT molecular complexity index is 1180. The Kier molecular flexibility index (Phi) is 3.85. The molecule has 4 aromatic rings. The molecule has 0 atom stereocenters. The Morgan fingerprint density at radius 1 is 1.00 bits per heavy atom. The first kappa shape index (κ1) is 15.3. The Morgan fingerprint density at radius 2 is 1.88 bits per heavy atom. The second-order valence-corrected chi connectivity index (χ2v) is 6.38. The van der Waals surface area contributed by atoms with Crippen LogP contribution in [0.25, 0.3) is 33.2 Å². The number of pyridine rings is 1. The molecule has 0 unspecified atom stereocenters. The first-order valence-electron chi connectivity index (χ1n) is 7.63. The number of benzene rings is 2. The zero-order chi connectivity index (χ0) is 17.2. The molecule has 0 aliphatic heterocycles. The highest BCUT2D eigenvalue weighted by Gasteiger charge is 2.13. The van der Waals surface area contributed by atoms with Crippen LogP contribution in [0.5, 0.6) is 0 Å². The maximum Gasteiger partial charge on any atom is 0.153 e. The summed E-state index contributed by atoms with van der Waals surface area (Å²) in [5.41, 5.74) is 1.91. The Morgan fingerprint density at radius 3 is 2.72 bits per heavy atom. The van der Waals surface area contributed by atoms with E-state index >= 15 is 0 Å². The number of nitriles is 2. The average molecular weight is 341 g/mol. The van der Waals surface area contributed by atoms with E-state index < -0.39 is 0 Å². The first-order chi connectivity index (χ1) is 12.3. The van der Waals surface area contributed by atoms with Crippen LogP contribution >= 0.6 is 11.8 Å². The van der Waals surface area contributed by atoms with E-state index in [9.17, 15) is 5.26 Å². The van der Waals surface area contributed by atoms with Crippen molar-refractivity contribution in [1.29, 1.82) is 10.5 Å². The fraction of sp³-hybridized carbons (Fsp3) is 0.0500. The van der Waals surface area contributed by atoms with Crippen LogP contribution in [-0.2, 0) is 0 Å². The molecular weight excluding hydrogens is 330 g/mol. The largest absolute Gasteiger partial charge is 0.454 e. The third-order valence-corrected chi connectivity index (χ3v) is 4.79. The van der Waals surface area contributed by atoms with Gasteiger partial charge in [0.25, 0.3) is 0 Å². The van der Waals surface area contributed by atoms with Crippen molar-refractivity contribution in [1.82, 2.24) is 4.98 Å². The summed E-state index contributed by atoms with van der Waals surface area (Å²) in [5.74, 6) is 0.894. The summed E-state index contributed by atoms with van der Waals surface area (Å²) in [7, 11) is 0. The van der Waals surface area contributed by atoms with Crippen molar-refractivity contribution in [3.63, 3.8) is 0 Å². The molecule has 0 fully saturated rings. The zero-order valence-electron chi connectivity index (χ0n) is 13.1. The van der Waals surface area contributed by atoms with Gasteiger partial charge in [0.2, 0.25) is 0 Å². The van der Waals surface area contributed by atoms with Gasteiger partial charge in [0.15, 0.2) is 5.76 Å². The van der Waals surface area contributed by atoms with Crippen LogP contribution in [0.2, 0.25) is 0 Å². The SMILES string of the molecule is N#CCSc1nc(-c2cc3c(ccc4ccccc43)o2)ccc1C#N. The third kappa shape index (κ3) is 2.71. The summed E-state index contributed by atoms with van der Waals surface area (Å²) in [5, 5.41) is 21.8. The van der Waals surface area contributed by atoms with Crippen LogP contribution in [0.15, 0.2) is 64.0 Å². The van der Waals surface area contributed by atoms with Gasteiger partial charge in [-0.2, -0.15) is 10.5 Å². The zero-order valence-corrected chi connectivity index (χ0v) is 13.9. The summed E-state index contributed by atoms with van der Waals surface area (Å²) < 4.78 is 5.98. The second-order valence-electron chi connectivity index (χ2n) is 5.42. The molecule has 0 N–H and O–H groups in total. The van der Waals surface area contributed by atoms with E-state index in [1.165, 1.54) is 11.8 Å². The van der Waals surface area contributed by atoms with Gasteiger partial charge in [-0.3, -0.25) is 0 Å². The lowest BCUT2D eigenvalue weighted by molar-refractivity contribution is 0.628. The van der Waals surface area contributed by atoms with Crippen molar-refractivity contribution in [2.24, 2.45) is 0 Å². The molecule has 0 spiro atoms. The fourth-order valence-corrected chi connectivity index (χ4v) is 3.43. The molecule has 0 radical (unpaired) electrons. The van der Waals surface area contributed by atoms with E-state index in [-0.39, 0.29) is 5.75 Å². The van der Waals surface area contributed by atoms with Crippen LogP contribution in [0.1, 0.15) is 5.56 Å². The highest BCUT2D eigenvalue weighted by atomic mass is 32.2. The molecule has 4 nitrogen and oxygen atoms in total. The topological polar surface area (TPSA) is 73.6 Å². The van der Waals surface area contributed by atoms with E-state index in [4.69, 9.17) is 9.68 Å². The van der Waals surface area contributed by atoms with Gasteiger partial charge in [0, 0.05) is 5.39 Å². The minimum atomic E-state index is 0.246. The molecular formula is C20H11N3OS. The number of hydrogen-bond donors (Lipinski definition) is 0. The van der Waals surface area contributed by atoms with Crippen LogP contribution in [-0.4, -0.2) is 10.7 Å². The standard InChI is InChI=1S/C20H11N3OS/c21-9-10-25-20-14(12-22)5-7-17(23-20)19-11-16-15-4-2-1-3-13(15)6-8-18(16)24-19/h1-8,11H,10H2. The van der Waals surface area contributed by atoms with Crippen molar-refractivity contribution in [3.05, 3.63) is 60.2 Å². The van der Waals surface area contributed by atoms with Crippen LogP contribution in [0, 0.1) is 22.7 Å². The number of thioether (sulfide) groups is 1. The number of hydrogen-bond acceptors (Lipinski definition) is 5. The monoisotopic (exact) mass is 341 g/mol. The van der Waals surface area contributed by atoms with Gasteiger partial charge in [-0.05, 0) is 35.0 Å². The van der Waals surface area contributed by atoms with Crippen LogP contribution < -0.4 is 0 Å². The van der Waals surface area contributed by atoms with Gasteiger partial charge in [0.05, 0.1) is 17.4 Å². The van der Waals surface area contributed by atoms with E-state index in [1.54, 1.807) is 12.1 Å². The molecule has 2 aromatic carbocycles. The van der Waals surface area contributed by atoms with Crippen LogP contribution in [0.4, 0.5) is 0 Å². The predicted molar refractivity (Wildman–Crippen MR) is 98.0 cm³/mol. The number of fused-ring (bicyclic) bond motifs is 3. The molecule has 2 heterocycles. The number of nitrogens with zero attached hydrogens (tertiary/aromatic N) is 3. The lowest BCUT2D eigenvalue weighted by Crippen LogP contribution is -1.90. The maximum atomic E-state index is 9.20. The molecule has 118 valence electrons. The third-order valence-electron chi connectivity index (χ3n) is 3.93. The molecule has 0 bridgehead atoms. The number of aromatic nitrogens is 1. The minimum Gasteiger partial charge on any atom is -0.454 e. The van der Waals surface area contributed by atoms with Crippen molar-refractivity contribution < 1.29 is 4.42 Å². The Hall–Kier alpha value is -3.28. The van der Waals surface area contributed by atoms with Crippen molar-refractivity contribution >= 4 is 33.5 Å². The van der Waals surface area contributed by atoms with E-state index in [1.807, 2.05) is 30.3 Å². The molecule has 4 rings (SSSR count). The summed E-state index contributed by atoms with van der Waals surface area (Å²) in [6, 6.07) is 21.8. The van der Waals surface area contributed by atoms with Gasteiger partial charge >= 0.3 is 0 Å². The average Bonchev–Trinajstić information content (AvgIpc) is 3.11. The Balaban J connectivity index is 1.86. The number of rotatable bonds is 3. The van der Waals surface area contributed by atoms with Crippen LogP contribution in [0.3, 0.4) is 0 Å². The summed E-state index contributed by atoms with van der Waals surface area (Å²) in [4.78, 5) is 4.52. The molecule has 0 aliphatic rings. The van der Waals surface area contributed by atoms with Gasteiger partial charge < -0.3 is 4.42 Å². The van der Waals surface area contributed by atoms with E-state index in [2.05, 4.69) is 29.3 Å². The van der Waals surface area contributed by atoms with Crippen molar-refractivity contribution in [2.45, 2.75) is 5.03 Å². The molecule has 0 saturated heterocycles. The lowest BCUT2D eigenvalue weighted by atomic mass is 10.1. The first-order valence-corrected chi connectivity index (χ1v) is 8.61. The van der Waals surface area contributed by atoms with E-state index in [0.29, 0.717) is 22.0 Å². The fourth-order valence-electron chi connectivity index (χ4n) is 2.79. The minimum absolute atomic E-state index is 0.246. The van der Waals surface area contributed by atoms with Crippen molar-refractivity contribution in [3.8, 4) is 23.6 Å². The highest BCUT2D eigenvalue weighted by Crippen LogP contribution is 2.33. The van der Waals surface area contributed by atoms with Gasteiger partial charge in [-0.15, -0.1) is 0 Å². The Labute approximate surface area is 148 Å². The summed E-state index contributed by atoms with van der Waals surface area (Å²) in [6.45, 7) is 0. The lowest BCUT2D eigenvalue weighted by Gasteiger charge is -2.02. The summed E-state index contributed by atoms with van der Waals surface area (Å²) >= 11 is 1.25. The smallest absolute Gasteiger partial charge is 0.153 e. The molecule has 5 heteroatoms. The normalized spacial score (nSPS) is 10.6. The molecule has 0 amide bonds. The second kappa shape index (κ2) is 6.32. The molecule has 0 saturated carbocycles. The van der Waals surface area contributed by atoms with Crippen molar-refractivity contribution in [2.75, 3.05) is 5.75 Å². The number of furan rings is 1. The van der Waals surface area contributed by atoms with E-state index in [0.717, 1.165) is 21.7 Å². The molecule has 0 aliphatic carbocycles. The highest BCUT2D eigenvalue weighted by molar-refractivity contribution is 7.99. The quantitative estimate of drug-likeness (QED) is 0.483. The maximum absolute atomic E-state index is 9.20.